The summed E-state index contributed by atoms with van der Waals surface area (Å²) in [6.45, 7) is 0. The van der Waals surface area contributed by atoms with Crippen molar-refractivity contribution in [2.45, 2.75) is 0 Å². The molecule has 0 aliphatic rings. The van der Waals surface area contributed by atoms with Crippen LogP contribution in [-0.4, -0.2) is 0 Å². The largest absolute Gasteiger partial charge is 0.205 e. The highest BCUT2D eigenvalue weighted by Gasteiger charge is 2.06. The molecule has 0 aliphatic carbocycles. The van der Waals surface area contributed by atoms with E-state index in [9.17, 15) is 4.39 Å². The minimum Gasteiger partial charge on any atom is -0.205 e. The molecular weight excluding hydrogens is 199 g/mol. The van der Waals surface area contributed by atoms with Crippen molar-refractivity contribution in [2.75, 3.05) is 0 Å². The molecule has 2 aromatic rings. The van der Waals surface area contributed by atoms with E-state index < -0.39 is 36.0 Å². The first kappa shape index (κ1) is 4.94. The molecule has 0 nitrogen and oxygen atoms in total. The normalized spacial score (nSPS) is 15.1. The monoisotopic (exact) mass is 211 g/mol. The van der Waals surface area contributed by atoms with Gasteiger partial charge < -0.3 is 0 Å². The zero-order valence-corrected chi connectivity index (χ0v) is 7.74. The quantitative estimate of drug-likeness (QED) is 0.665. The highest BCUT2D eigenvalue weighted by molar-refractivity contribution is 6.31. The molecular formula is C12H8ClF. The van der Waals surface area contributed by atoms with Crippen LogP contribution >= 0.6 is 11.6 Å². The van der Waals surface area contributed by atoms with Crippen LogP contribution in [0.3, 0.4) is 0 Å². The van der Waals surface area contributed by atoms with Gasteiger partial charge in [-0.15, -0.1) is 0 Å². The molecule has 70 valence electrons. The van der Waals surface area contributed by atoms with Crippen molar-refractivity contribution in [1.82, 2.24) is 0 Å². The van der Waals surface area contributed by atoms with Crippen LogP contribution in [-0.2, 0) is 0 Å². The predicted octanol–water partition coefficient (Wildman–Crippen LogP) is 4.15. The van der Waals surface area contributed by atoms with Crippen LogP contribution in [0, 0.1) is 5.82 Å². The molecule has 2 rings (SSSR count). The summed E-state index contributed by atoms with van der Waals surface area (Å²) in [5.74, 6) is -0.803. The molecule has 0 fully saturated rings. The third-order valence-electron chi connectivity index (χ3n) is 1.72. The van der Waals surface area contributed by atoms with Crippen LogP contribution in [0.25, 0.3) is 11.1 Å². The molecule has 0 heterocycles. The zero-order valence-electron chi connectivity index (χ0n) is 12.0. The minimum absolute atomic E-state index is 0.107. The van der Waals surface area contributed by atoms with E-state index in [0.29, 0.717) is 0 Å². The topological polar surface area (TPSA) is 0 Å². The number of benzene rings is 2. The molecule has 0 bridgehead atoms. The van der Waals surface area contributed by atoms with Gasteiger partial charge in [-0.3, -0.25) is 0 Å². The van der Waals surface area contributed by atoms with Crippen molar-refractivity contribution in [2.24, 2.45) is 0 Å². The van der Waals surface area contributed by atoms with Crippen LogP contribution < -0.4 is 0 Å². The van der Waals surface area contributed by atoms with E-state index in [4.69, 9.17) is 18.5 Å². The molecule has 0 radical (unpaired) electrons. The number of halogens is 2. The van der Waals surface area contributed by atoms with Crippen molar-refractivity contribution < 1.29 is 11.2 Å². The Morgan fingerprint density at radius 3 is 2.57 bits per heavy atom. The third kappa shape index (κ3) is 1.64. The molecule has 0 atom stereocenters. The summed E-state index contributed by atoms with van der Waals surface area (Å²) >= 11 is 5.65. The highest BCUT2D eigenvalue weighted by atomic mass is 35.5. The van der Waals surface area contributed by atoms with Crippen LogP contribution in [0.1, 0.15) is 6.85 Å². The van der Waals surface area contributed by atoms with Gasteiger partial charge in [-0.25, -0.2) is 4.39 Å². The second kappa shape index (κ2) is 3.81. The van der Waals surface area contributed by atoms with Crippen molar-refractivity contribution in [3.63, 3.8) is 0 Å². The van der Waals surface area contributed by atoms with E-state index in [0.717, 1.165) is 0 Å². The van der Waals surface area contributed by atoms with Gasteiger partial charge >= 0.3 is 0 Å². The molecule has 0 saturated carbocycles. The van der Waals surface area contributed by atoms with E-state index >= 15 is 0 Å². The fourth-order valence-corrected chi connectivity index (χ4v) is 1.26. The van der Waals surface area contributed by atoms with Crippen LogP contribution in [0.2, 0.25) is 5.02 Å². The summed E-state index contributed by atoms with van der Waals surface area (Å²) in [5, 5.41) is -0.163. The number of hydrogen-bond donors (Lipinski definition) is 0. The predicted molar refractivity (Wildman–Crippen MR) is 56.8 cm³/mol. The summed E-state index contributed by atoms with van der Waals surface area (Å²) in [5.41, 5.74) is -0.296. The van der Waals surface area contributed by atoms with Gasteiger partial charge in [0, 0.05) is 5.56 Å². The lowest BCUT2D eigenvalue weighted by Crippen LogP contribution is -1.84. The minimum atomic E-state index is -0.803. The molecule has 0 N–H and O–H groups in total. The maximum atomic E-state index is 13.9. The van der Waals surface area contributed by atoms with E-state index in [2.05, 4.69) is 0 Å². The Kier molecular flexibility index (Phi) is 1.34. The molecule has 2 aromatic carbocycles. The van der Waals surface area contributed by atoms with Gasteiger partial charge in [-0.1, -0.05) is 53.9 Å². The fourth-order valence-electron chi connectivity index (χ4n) is 1.08. The van der Waals surface area contributed by atoms with E-state index in [1.165, 1.54) is 18.2 Å². The smallest absolute Gasteiger partial charge is 0.149 e. The second-order valence-corrected chi connectivity index (χ2v) is 3.01. The third-order valence-corrected chi connectivity index (χ3v) is 2.01. The average molecular weight is 212 g/mol. The van der Waals surface area contributed by atoms with Gasteiger partial charge in [-0.2, -0.15) is 0 Å². The molecule has 0 aliphatic heterocycles. The summed E-state index contributed by atoms with van der Waals surface area (Å²) in [6, 6.07) is 1.69. The standard InChI is InChI=1S/C12H8ClF/c13-11-8-4-7-10(12(11)14)9-5-2-1-3-6-9/h1-8H/i1D,2D,3D,5D,6D. The van der Waals surface area contributed by atoms with Crippen molar-refractivity contribution in [3.8, 4) is 11.1 Å². The van der Waals surface area contributed by atoms with Gasteiger partial charge in [-0.05, 0) is 11.6 Å². The van der Waals surface area contributed by atoms with Gasteiger partial charge in [0.1, 0.15) is 5.82 Å². The number of rotatable bonds is 1. The molecule has 0 saturated heterocycles. The summed E-state index contributed by atoms with van der Waals surface area (Å²) in [6.07, 6.45) is 0. The van der Waals surface area contributed by atoms with Gasteiger partial charge in [0.2, 0.25) is 0 Å². The van der Waals surface area contributed by atoms with Gasteiger partial charge in [0.15, 0.2) is 0 Å². The number of hydrogen-bond acceptors (Lipinski definition) is 0. The maximum Gasteiger partial charge on any atom is 0.149 e. The molecule has 14 heavy (non-hydrogen) atoms. The Morgan fingerprint density at radius 2 is 1.86 bits per heavy atom. The summed E-state index contributed by atoms with van der Waals surface area (Å²) in [4.78, 5) is 0. The second-order valence-electron chi connectivity index (χ2n) is 2.60. The van der Waals surface area contributed by atoms with E-state index in [-0.39, 0.29) is 16.1 Å². The van der Waals surface area contributed by atoms with Crippen molar-refractivity contribution in [1.29, 1.82) is 0 Å². The van der Waals surface area contributed by atoms with Crippen molar-refractivity contribution >= 4 is 11.6 Å². The molecule has 0 amide bonds. The lowest BCUT2D eigenvalue weighted by molar-refractivity contribution is 0.632. The Balaban J connectivity index is 2.87. The first-order valence-electron chi connectivity index (χ1n) is 6.37. The lowest BCUT2D eigenvalue weighted by atomic mass is 10.1. The Labute approximate surface area is 94.0 Å². The first-order chi connectivity index (χ1) is 8.86. The SMILES string of the molecule is [2H]c1c([2H])c([2H])c(-c2cccc(Cl)c2F)c([2H])c1[2H]. The average Bonchev–Trinajstić information content (AvgIpc) is 2.39. The molecule has 0 aromatic heterocycles. The van der Waals surface area contributed by atoms with Gasteiger partial charge in [0.25, 0.3) is 0 Å². The van der Waals surface area contributed by atoms with Crippen LogP contribution in [0.5, 0.6) is 0 Å². The van der Waals surface area contributed by atoms with Gasteiger partial charge in [0.05, 0.1) is 11.9 Å². The van der Waals surface area contributed by atoms with E-state index in [1.54, 1.807) is 0 Å². The molecule has 2 heteroatoms. The van der Waals surface area contributed by atoms with E-state index in [1.807, 2.05) is 0 Å². The molecule has 0 unspecified atom stereocenters. The van der Waals surface area contributed by atoms with Crippen molar-refractivity contribution in [3.05, 3.63) is 59.3 Å². The summed E-state index contributed by atoms with van der Waals surface area (Å²) in [7, 11) is 0. The highest BCUT2D eigenvalue weighted by Crippen LogP contribution is 2.26. The van der Waals surface area contributed by atoms with Crippen LogP contribution in [0.15, 0.2) is 48.4 Å². The molecule has 0 spiro atoms. The summed E-state index contributed by atoms with van der Waals surface area (Å²) < 4.78 is 52.0. The van der Waals surface area contributed by atoms with Crippen LogP contribution in [0.4, 0.5) is 4.39 Å². The lowest BCUT2D eigenvalue weighted by Gasteiger charge is -2.03. The maximum absolute atomic E-state index is 13.9. The Bertz CT molecular complexity index is 643. The first-order valence-corrected chi connectivity index (χ1v) is 4.25. The Morgan fingerprint density at radius 1 is 1.14 bits per heavy atom. The Hall–Kier alpha value is -1.34. The zero-order chi connectivity index (χ0) is 14.3. The fraction of sp³-hybridized carbons (Fsp3) is 0.